The molecule has 2 atom stereocenters. The second-order valence-electron chi connectivity index (χ2n) is 6.27. The predicted octanol–water partition coefficient (Wildman–Crippen LogP) is -0.744. The lowest BCUT2D eigenvalue weighted by atomic mass is 10.0. The Labute approximate surface area is 133 Å². The lowest BCUT2D eigenvalue weighted by molar-refractivity contribution is 0.305. The molecule has 2 aromatic rings. The van der Waals surface area contributed by atoms with Crippen LogP contribution in [0.15, 0.2) is 29.5 Å². The minimum atomic E-state index is -0.474. The average Bonchev–Trinajstić information content (AvgIpc) is 3.10. The number of nitrogens with one attached hydrogen (secondary N) is 1. The Kier molecular flexibility index (Phi) is 3.55. The van der Waals surface area contributed by atoms with Crippen molar-refractivity contribution < 1.29 is 0 Å². The van der Waals surface area contributed by atoms with E-state index < -0.39 is 5.69 Å². The van der Waals surface area contributed by atoms with Gasteiger partial charge in [-0.1, -0.05) is 0 Å². The van der Waals surface area contributed by atoms with Gasteiger partial charge in [0.25, 0.3) is 0 Å². The molecule has 2 unspecified atom stereocenters. The molecule has 8 heteroatoms. The van der Waals surface area contributed by atoms with Gasteiger partial charge in [-0.25, -0.2) is 19.3 Å². The van der Waals surface area contributed by atoms with Gasteiger partial charge in [-0.15, -0.1) is 0 Å². The molecular weight excluding hydrogens is 294 g/mol. The van der Waals surface area contributed by atoms with Crippen LogP contribution in [0.5, 0.6) is 0 Å². The maximum atomic E-state index is 11.8. The Hall–Kier alpha value is -2.32. The number of hydrogen-bond donors (Lipinski definition) is 2. The maximum Gasteiger partial charge on any atom is 0.356 e. The second kappa shape index (κ2) is 5.71. The molecular formula is C15H19N7O. The van der Waals surface area contributed by atoms with Gasteiger partial charge in [0, 0.05) is 43.8 Å². The lowest BCUT2D eigenvalue weighted by Crippen LogP contribution is -2.26. The third-order valence-corrected chi connectivity index (χ3v) is 4.60. The van der Waals surface area contributed by atoms with Gasteiger partial charge in [0.2, 0.25) is 5.95 Å². The van der Waals surface area contributed by atoms with Crippen molar-refractivity contribution in [1.29, 1.82) is 0 Å². The average molecular weight is 313 g/mol. The first-order valence-corrected chi connectivity index (χ1v) is 7.78. The normalized spacial score (nSPS) is 24.0. The Morgan fingerprint density at radius 3 is 2.57 bits per heavy atom. The molecule has 120 valence electrons. The van der Waals surface area contributed by atoms with E-state index in [2.05, 4.69) is 25.2 Å². The molecule has 2 aromatic heterocycles. The molecule has 0 amide bonds. The number of hydrogen-bond acceptors (Lipinski definition) is 7. The summed E-state index contributed by atoms with van der Waals surface area (Å²) in [5, 5.41) is 3.45. The Balaban J connectivity index is 1.47. The molecule has 0 radical (unpaired) electrons. The van der Waals surface area contributed by atoms with Crippen LogP contribution in [0.4, 0.5) is 5.82 Å². The maximum absolute atomic E-state index is 11.8. The minimum Gasteiger partial charge on any atom is -0.383 e. The quantitative estimate of drug-likeness (QED) is 0.769. The number of fused-ring (bicyclic) bond motifs is 1. The fourth-order valence-electron chi connectivity index (χ4n) is 3.46. The van der Waals surface area contributed by atoms with E-state index in [1.54, 1.807) is 18.5 Å². The summed E-state index contributed by atoms with van der Waals surface area (Å²) in [6, 6.07) is 1.55. The van der Waals surface area contributed by atoms with E-state index >= 15 is 0 Å². The molecule has 4 heterocycles. The van der Waals surface area contributed by atoms with Gasteiger partial charge in [-0.3, -0.25) is 4.90 Å². The monoisotopic (exact) mass is 313 g/mol. The first kappa shape index (κ1) is 14.3. The Bertz CT molecular complexity index is 745. The first-order chi connectivity index (χ1) is 11.2. The third kappa shape index (κ3) is 2.82. The first-order valence-electron chi connectivity index (χ1n) is 7.78. The molecule has 8 nitrogen and oxygen atoms in total. The Morgan fingerprint density at radius 1 is 1.22 bits per heavy atom. The van der Waals surface area contributed by atoms with E-state index in [0.29, 0.717) is 5.95 Å². The van der Waals surface area contributed by atoms with Crippen molar-refractivity contribution in [3.05, 3.63) is 40.7 Å². The molecule has 0 saturated carbocycles. The van der Waals surface area contributed by atoms with Gasteiger partial charge in [-0.05, 0) is 31.0 Å². The van der Waals surface area contributed by atoms with E-state index in [4.69, 9.17) is 5.73 Å². The van der Waals surface area contributed by atoms with Crippen molar-refractivity contribution in [2.75, 3.05) is 31.9 Å². The highest BCUT2D eigenvalue weighted by Gasteiger charge is 2.35. The van der Waals surface area contributed by atoms with Gasteiger partial charge in [0.15, 0.2) is 0 Å². The zero-order valence-electron chi connectivity index (χ0n) is 12.7. The minimum absolute atomic E-state index is 0.192. The number of likely N-dealkylation sites (tertiary alicyclic amines) is 1. The van der Waals surface area contributed by atoms with Crippen LogP contribution in [0.2, 0.25) is 0 Å². The summed E-state index contributed by atoms with van der Waals surface area (Å²) in [5.41, 5.74) is 6.06. The molecule has 23 heavy (non-hydrogen) atoms. The van der Waals surface area contributed by atoms with E-state index in [-0.39, 0.29) is 5.82 Å². The molecule has 0 spiro atoms. The van der Waals surface area contributed by atoms with E-state index in [1.807, 2.05) is 0 Å². The van der Waals surface area contributed by atoms with Gasteiger partial charge in [0.05, 0.1) is 0 Å². The van der Waals surface area contributed by atoms with Gasteiger partial charge in [0.1, 0.15) is 5.82 Å². The topological polar surface area (TPSA) is 102 Å². The number of nitrogens with two attached hydrogens (primary N) is 1. The SMILES string of the molecule is Nc1ccn(-c2ncc(CN3CC4CNCC4C3)cn2)c(=O)n1. The van der Waals surface area contributed by atoms with Crippen LogP contribution < -0.4 is 16.7 Å². The van der Waals surface area contributed by atoms with Crippen molar-refractivity contribution in [1.82, 2.24) is 29.7 Å². The summed E-state index contributed by atoms with van der Waals surface area (Å²) in [7, 11) is 0. The van der Waals surface area contributed by atoms with Crippen LogP contribution in [0.25, 0.3) is 5.95 Å². The van der Waals surface area contributed by atoms with Gasteiger partial charge >= 0.3 is 5.69 Å². The molecule has 2 aliphatic heterocycles. The van der Waals surface area contributed by atoms with E-state index in [9.17, 15) is 4.79 Å². The summed E-state index contributed by atoms with van der Waals surface area (Å²) < 4.78 is 1.28. The van der Waals surface area contributed by atoms with Gasteiger partial charge < -0.3 is 11.1 Å². The Morgan fingerprint density at radius 2 is 1.91 bits per heavy atom. The molecule has 0 aliphatic carbocycles. The summed E-state index contributed by atoms with van der Waals surface area (Å²) >= 11 is 0. The fraction of sp³-hybridized carbons (Fsp3) is 0.467. The second-order valence-corrected chi connectivity index (χ2v) is 6.27. The number of nitrogens with zero attached hydrogens (tertiary/aromatic N) is 5. The number of nitrogen functional groups attached to an aromatic ring is 1. The van der Waals surface area contributed by atoms with Crippen molar-refractivity contribution in [2.45, 2.75) is 6.54 Å². The summed E-state index contributed by atoms with van der Waals surface area (Å²) in [4.78, 5) is 26.5. The molecule has 2 saturated heterocycles. The van der Waals surface area contributed by atoms with E-state index in [0.717, 1.165) is 50.1 Å². The largest absolute Gasteiger partial charge is 0.383 e. The van der Waals surface area contributed by atoms with Crippen molar-refractivity contribution in [2.24, 2.45) is 11.8 Å². The summed E-state index contributed by atoms with van der Waals surface area (Å²) in [5.74, 6) is 2.05. The molecule has 0 aromatic carbocycles. The van der Waals surface area contributed by atoms with Crippen LogP contribution in [0.1, 0.15) is 5.56 Å². The third-order valence-electron chi connectivity index (χ3n) is 4.60. The standard InChI is InChI=1S/C15H19N7O/c16-13-1-2-22(15(23)20-13)14-18-3-10(4-19-14)7-21-8-11-5-17-6-12(11)9-21/h1-4,11-12,17H,5-9H2,(H2,16,20,23). The van der Waals surface area contributed by atoms with Crippen LogP contribution in [0, 0.1) is 11.8 Å². The summed E-state index contributed by atoms with van der Waals surface area (Å²) in [6.07, 6.45) is 5.09. The van der Waals surface area contributed by atoms with Gasteiger partial charge in [-0.2, -0.15) is 4.98 Å². The number of aromatic nitrogens is 4. The number of rotatable bonds is 3. The molecule has 2 fully saturated rings. The zero-order valence-corrected chi connectivity index (χ0v) is 12.7. The molecule has 2 aliphatic rings. The van der Waals surface area contributed by atoms with Crippen LogP contribution in [-0.4, -0.2) is 50.6 Å². The molecule has 0 bridgehead atoms. The number of anilines is 1. The summed E-state index contributed by atoms with van der Waals surface area (Å²) in [6.45, 7) is 5.36. The smallest absolute Gasteiger partial charge is 0.356 e. The van der Waals surface area contributed by atoms with Crippen LogP contribution in [0.3, 0.4) is 0 Å². The van der Waals surface area contributed by atoms with Crippen molar-refractivity contribution in [3.63, 3.8) is 0 Å². The highest BCUT2D eigenvalue weighted by atomic mass is 16.1. The van der Waals surface area contributed by atoms with E-state index in [1.165, 1.54) is 10.8 Å². The highest BCUT2D eigenvalue weighted by Crippen LogP contribution is 2.27. The predicted molar refractivity (Wildman–Crippen MR) is 85.0 cm³/mol. The lowest BCUT2D eigenvalue weighted by Gasteiger charge is -2.16. The fourth-order valence-corrected chi connectivity index (χ4v) is 3.46. The van der Waals surface area contributed by atoms with Crippen molar-refractivity contribution in [3.8, 4) is 5.95 Å². The highest BCUT2D eigenvalue weighted by molar-refractivity contribution is 5.26. The zero-order chi connectivity index (χ0) is 15.8. The van der Waals surface area contributed by atoms with Crippen LogP contribution in [-0.2, 0) is 6.54 Å². The van der Waals surface area contributed by atoms with Crippen molar-refractivity contribution >= 4 is 5.82 Å². The molecule has 4 rings (SSSR count). The van der Waals surface area contributed by atoms with Crippen LogP contribution >= 0.6 is 0 Å². The molecule has 3 N–H and O–H groups in total.